The highest BCUT2D eigenvalue weighted by molar-refractivity contribution is 6.32. The molecule has 0 radical (unpaired) electrons. The van der Waals surface area contributed by atoms with E-state index in [0.717, 1.165) is 27.6 Å². The van der Waals surface area contributed by atoms with E-state index in [1.165, 1.54) is 17.0 Å². The minimum atomic E-state index is -1.42. The first-order valence-electron chi connectivity index (χ1n) is 18.8. The van der Waals surface area contributed by atoms with E-state index >= 15 is 0 Å². The Hall–Kier alpha value is -6.20. The lowest BCUT2D eigenvalue weighted by molar-refractivity contribution is -0.131. The molecular formula is C45H37ClFN5O5. The van der Waals surface area contributed by atoms with Crippen molar-refractivity contribution in [1.82, 2.24) is 0 Å². The number of carbonyl (C=O) groups is 4. The van der Waals surface area contributed by atoms with Crippen LogP contribution in [-0.4, -0.2) is 42.8 Å². The molecule has 1 saturated carbocycles. The average molecular weight is 782 g/mol. The van der Waals surface area contributed by atoms with Gasteiger partial charge in [-0.1, -0.05) is 53.6 Å². The molecule has 57 heavy (non-hydrogen) atoms. The van der Waals surface area contributed by atoms with Crippen molar-refractivity contribution in [3.8, 4) is 5.75 Å². The molecular weight excluding hydrogens is 745 g/mol. The van der Waals surface area contributed by atoms with Gasteiger partial charge in [-0.25, -0.2) is 9.29 Å². The van der Waals surface area contributed by atoms with Crippen LogP contribution in [0, 0.1) is 34.9 Å². The van der Waals surface area contributed by atoms with Gasteiger partial charge in [0.2, 0.25) is 23.6 Å². The summed E-state index contributed by atoms with van der Waals surface area (Å²) in [5.41, 5.74) is 2.56. The third-order valence-corrected chi connectivity index (χ3v) is 12.7. The second kappa shape index (κ2) is 13.5. The minimum Gasteiger partial charge on any atom is -0.508 e. The molecule has 2 heterocycles. The Kier molecular flexibility index (Phi) is 8.62. The molecule has 4 amide bonds. The van der Waals surface area contributed by atoms with Crippen LogP contribution in [-0.2, 0) is 19.2 Å². The Labute approximate surface area is 332 Å². The van der Waals surface area contributed by atoms with Crippen LogP contribution in [0.3, 0.4) is 0 Å². The lowest BCUT2D eigenvalue weighted by atomic mass is 9.51. The van der Waals surface area contributed by atoms with Crippen molar-refractivity contribution in [3.63, 3.8) is 0 Å². The van der Waals surface area contributed by atoms with Crippen molar-refractivity contribution in [1.29, 1.82) is 0 Å². The summed E-state index contributed by atoms with van der Waals surface area (Å²) in [7, 11) is 3.91. The predicted molar refractivity (Wildman–Crippen MR) is 216 cm³/mol. The molecule has 6 unspecified atom stereocenters. The summed E-state index contributed by atoms with van der Waals surface area (Å²) in [4.78, 5) is 62.6. The van der Waals surface area contributed by atoms with Gasteiger partial charge in [-0.2, -0.15) is 10.2 Å². The topological polar surface area (TPSA) is 123 Å². The fraction of sp³-hybridized carbons (Fsp3) is 0.244. The zero-order valence-electron chi connectivity index (χ0n) is 31.3. The van der Waals surface area contributed by atoms with Gasteiger partial charge in [0, 0.05) is 31.3 Å². The van der Waals surface area contributed by atoms with Crippen LogP contribution in [0.5, 0.6) is 5.75 Å². The largest absolute Gasteiger partial charge is 0.508 e. The summed E-state index contributed by atoms with van der Waals surface area (Å²) in [5, 5.41) is 21.6. The van der Waals surface area contributed by atoms with E-state index < -0.39 is 52.6 Å². The first kappa shape index (κ1) is 36.4. The Balaban J connectivity index is 1.09. The van der Waals surface area contributed by atoms with Gasteiger partial charge in [0.05, 0.1) is 50.9 Å². The van der Waals surface area contributed by atoms with E-state index in [1.807, 2.05) is 73.6 Å². The number of anilines is 3. The number of hydrogen-bond acceptors (Lipinski definition) is 8. The summed E-state index contributed by atoms with van der Waals surface area (Å²) in [5.74, 6) is -6.40. The number of azo groups is 1. The van der Waals surface area contributed by atoms with Crippen LogP contribution in [0.15, 0.2) is 125 Å². The third-order valence-electron chi connectivity index (χ3n) is 12.4. The summed E-state index contributed by atoms with van der Waals surface area (Å²) in [6.07, 6.45) is 2.29. The van der Waals surface area contributed by atoms with Crippen LogP contribution in [0.25, 0.3) is 10.8 Å². The van der Waals surface area contributed by atoms with Crippen LogP contribution in [0.2, 0.25) is 5.02 Å². The maximum absolute atomic E-state index is 14.9. The predicted octanol–water partition coefficient (Wildman–Crippen LogP) is 9.25. The lowest BCUT2D eigenvalue weighted by Gasteiger charge is -2.49. The number of allylic oxidation sites excluding steroid dienone is 2. The Morgan fingerprint density at radius 1 is 0.789 bits per heavy atom. The van der Waals surface area contributed by atoms with Crippen LogP contribution in [0.4, 0.5) is 32.8 Å². The van der Waals surface area contributed by atoms with Gasteiger partial charge in [-0.3, -0.25) is 24.1 Å². The number of carbonyl (C=O) groups excluding carboxylic acids is 4. The number of phenols is 1. The SMILES string of the molecule is CN(C)c1ccc(N=Nc2ccc(N3C(=O)C4CC=C5C(CC6C(=O)N(c7ccc(F)c(Cl)c7)C(=O)C6(C)C5c5c(O)ccc6ccccc56)C4C3=O)cc2)cc1. The molecule has 1 N–H and O–H groups in total. The summed E-state index contributed by atoms with van der Waals surface area (Å²) >= 11 is 6.15. The van der Waals surface area contributed by atoms with Gasteiger partial charge in [0.1, 0.15) is 11.6 Å². The van der Waals surface area contributed by atoms with Crippen molar-refractivity contribution < 1.29 is 28.7 Å². The van der Waals surface area contributed by atoms with Gasteiger partial charge in [0.25, 0.3) is 0 Å². The maximum Gasteiger partial charge on any atom is 0.241 e. The quantitative estimate of drug-likeness (QED) is 0.104. The van der Waals surface area contributed by atoms with Gasteiger partial charge in [-0.05, 0) is 109 Å². The molecule has 2 saturated heterocycles. The Morgan fingerprint density at radius 3 is 2.14 bits per heavy atom. The molecule has 6 atom stereocenters. The number of phenolic OH excluding ortho intramolecular Hbond substituents is 1. The van der Waals surface area contributed by atoms with E-state index in [9.17, 15) is 28.7 Å². The summed E-state index contributed by atoms with van der Waals surface area (Å²) < 4.78 is 14.3. The second-order valence-corrected chi connectivity index (χ2v) is 16.0. The van der Waals surface area contributed by atoms with Crippen molar-refractivity contribution in [2.24, 2.45) is 39.3 Å². The molecule has 10 nitrogen and oxygen atoms in total. The van der Waals surface area contributed by atoms with Gasteiger partial charge < -0.3 is 10.0 Å². The molecule has 2 aliphatic heterocycles. The Morgan fingerprint density at radius 2 is 1.46 bits per heavy atom. The molecule has 12 heteroatoms. The molecule has 3 fully saturated rings. The van der Waals surface area contributed by atoms with E-state index in [4.69, 9.17) is 11.6 Å². The average Bonchev–Trinajstić information content (AvgIpc) is 3.58. The normalized spacial score (nSPS) is 25.6. The van der Waals surface area contributed by atoms with Gasteiger partial charge >= 0.3 is 0 Å². The number of benzene rings is 5. The minimum absolute atomic E-state index is 0.0517. The van der Waals surface area contributed by atoms with Crippen LogP contribution in [0.1, 0.15) is 31.2 Å². The molecule has 5 aromatic rings. The summed E-state index contributed by atoms with van der Waals surface area (Å²) in [6.45, 7) is 1.74. The highest BCUT2D eigenvalue weighted by atomic mass is 35.5. The number of aromatic hydroxyl groups is 1. The number of rotatable bonds is 6. The first-order chi connectivity index (χ1) is 27.4. The van der Waals surface area contributed by atoms with Gasteiger partial charge in [0.15, 0.2) is 0 Å². The van der Waals surface area contributed by atoms with Crippen molar-refractivity contribution in [2.45, 2.75) is 25.7 Å². The van der Waals surface area contributed by atoms with E-state index in [-0.39, 0.29) is 41.1 Å². The fourth-order valence-corrected chi connectivity index (χ4v) is 9.81. The highest BCUT2D eigenvalue weighted by Crippen LogP contribution is 2.65. The molecule has 286 valence electrons. The fourth-order valence-electron chi connectivity index (χ4n) is 9.64. The molecule has 0 aromatic heterocycles. The van der Waals surface area contributed by atoms with E-state index in [1.54, 1.807) is 43.3 Å². The van der Waals surface area contributed by atoms with Crippen molar-refractivity contribution in [3.05, 3.63) is 131 Å². The maximum atomic E-state index is 14.9. The first-order valence-corrected chi connectivity index (χ1v) is 19.2. The highest BCUT2D eigenvalue weighted by Gasteiger charge is 2.68. The molecule has 4 aliphatic rings. The molecule has 9 rings (SSSR count). The molecule has 2 aliphatic carbocycles. The zero-order valence-corrected chi connectivity index (χ0v) is 32.0. The number of fused-ring (bicyclic) bond motifs is 5. The van der Waals surface area contributed by atoms with Crippen LogP contribution >= 0.6 is 11.6 Å². The monoisotopic (exact) mass is 781 g/mol. The van der Waals surface area contributed by atoms with Crippen LogP contribution < -0.4 is 14.7 Å². The molecule has 0 bridgehead atoms. The molecule has 5 aromatic carbocycles. The number of halogens is 2. The standard InChI is InChI=1S/C45H37ClFN5O5/c1-45-34(42(55)52(44(45)57)29-17-20-36(47)35(46)22-29)23-33-31(40(45)39-30-7-5-4-6-24(30)8-21-37(39)53)18-19-32-38(33)43(56)51(41(32)54)28-15-11-26(12-16-28)49-48-25-9-13-27(14-10-25)50(2)3/h4-18,20-22,32-34,38,40,53H,19,23H2,1-3H3. The summed E-state index contributed by atoms with van der Waals surface area (Å²) in [6, 6.07) is 28.9. The van der Waals surface area contributed by atoms with E-state index in [2.05, 4.69) is 10.2 Å². The van der Waals surface area contributed by atoms with Crippen molar-refractivity contribution in [2.75, 3.05) is 28.8 Å². The Bertz CT molecular complexity index is 2590. The smallest absolute Gasteiger partial charge is 0.241 e. The second-order valence-electron chi connectivity index (χ2n) is 15.6. The van der Waals surface area contributed by atoms with Gasteiger partial charge in [-0.15, -0.1) is 0 Å². The molecule has 0 spiro atoms. The third kappa shape index (κ3) is 5.58. The zero-order chi connectivity index (χ0) is 39.9. The number of imide groups is 2. The lowest BCUT2D eigenvalue weighted by Crippen LogP contribution is -2.49. The number of amides is 4. The number of nitrogens with zero attached hydrogens (tertiary/aromatic N) is 5. The number of hydrogen-bond donors (Lipinski definition) is 1. The van der Waals surface area contributed by atoms with E-state index in [0.29, 0.717) is 28.0 Å². The van der Waals surface area contributed by atoms with Crippen molar-refractivity contribution >= 4 is 74.4 Å².